The van der Waals surface area contributed by atoms with Gasteiger partial charge in [0.05, 0.1) is 26.0 Å². The first-order chi connectivity index (χ1) is 11.3. The van der Waals surface area contributed by atoms with Gasteiger partial charge in [0.15, 0.2) is 0 Å². The van der Waals surface area contributed by atoms with Gasteiger partial charge in [0, 0.05) is 32.2 Å². The van der Waals surface area contributed by atoms with Gasteiger partial charge < -0.3 is 19.8 Å². The zero-order chi connectivity index (χ0) is 15.9. The van der Waals surface area contributed by atoms with Crippen LogP contribution in [0, 0.1) is 6.92 Å². The van der Waals surface area contributed by atoms with Gasteiger partial charge in [-0.3, -0.25) is 4.90 Å². The Kier molecular flexibility index (Phi) is 5.44. The highest BCUT2D eigenvalue weighted by molar-refractivity contribution is 5.47. The zero-order valence-electron chi connectivity index (χ0n) is 13.4. The number of anilines is 2. The van der Waals surface area contributed by atoms with Gasteiger partial charge in [-0.15, -0.1) is 0 Å². The predicted octanol–water partition coefficient (Wildman–Crippen LogP) is 1.73. The fraction of sp³-hybridized carbons (Fsp3) is 0.500. The van der Waals surface area contributed by atoms with Crippen molar-refractivity contribution < 1.29 is 9.15 Å². The molecular weight excluding hydrogens is 294 g/mol. The van der Waals surface area contributed by atoms with Crippen LogP contribution in [0.25, 0.3) is 0 Å². The Hall–Kier alpha value is -2.12. The molecule has 2 N–H and O–H groups in total. The number of aromatic nitrogens is 2. The van der Waals surface area contributed by atoms with Crippen molar-refractivity contribution in [2.24, 2.45) is 0 Å². The van der Waals surface area contributed by atoms with Crippen LogP contribution in [0.1, 0.15) is 11.6 Å². The zero-order valence-corrected chi connectivity index (χ0v) is 13.4. The van der Waals surface area contributed by atoms with Crippen LogP contribution in [0.5, 0.6) is 0 Å². The molecule has 0 radical (unpaired) electrons. The number of ether oxygens (including phenoxy) is 1. The molecule has 0 spiro atoms. The molecule has 0 aliphatic carbocycles. The highest BCUT2D eigenvalue weighted by atomic mass is 16.5. The third-order valence-electron chi connectivity index (χ3n) is 3.70. The molecule has 23 heavy (non-hydrogen) atoms. The molecule has 0 aromatic carbocycles. The first-order valence-corrected chi connectivity index (χ1v) is 7.95. The standard InChI is InChI=1S/C16H23N5O2/c1-13-19-15(17-4-5-21-6-9-22-10-7-21)11-16(20-13)18-12-14-3-2-8-23-14/h2-3,8,11H,4-7,9-10,12H2,1H3,(H2,17,18,19,20). The van der Waals surface area contributed by atoms with Crippen LogP contribution in [0.4, 0.5) is 11.6 Å². The van der Waals surface area contributed by atoms with Gasteiger partial charge in [0.2, 0.25) is 0 Å². The normalized spacial score (nSPS) is 15.5. The summed E-state index contributed by atoms with van der Waals surface area (Å²) >= 11 is 0. The number of nitrogens with zero attached hydrogens (tertiary/aromatic N) is 3. The Morgan fingerprint density at radius 1 is 1.17 bits per heavy atom. The van der Waals surface area contributed by atoms with Crippen LogP contribution in [-0.4, -0.2) is 54.3 Å². The second kappa shape index (κ2) is 7.94. The molecule has 0 unspecified atom stereocenters. The minimum atomic E-state index is 0.608. The second-order valence-corrected chi connectivity index (χ2v) is 5.50. The molecular formula is C16H23N5O2. The maximum absolute atomic E-state index is 5.35. The number of rotatable bonds is 7. The van der Waals surface area contributed by atoms with E-state index in [9.17, 15) is 0 Å². The SMILES string of the molecule is Cc1nc(NCCN2CCOCC2)cc(NCc2ccco2)n1. The van der Waals surface area contributed by atoms with Crippen LogP contribution in [-0.2, 0) is 11.3 Å². The van der Waals surface area contributed by atoms with E-state index in [0.29, 0.717) is 6.54 Å². The molecule has 1 saturated heterocycles. The Morgan fingerprint density at radius 3 is 2.70 bits per heavy atom. The number of aryl methyl sites for hydroxylation is 1. The third-order valence-corrected chi connectivity index (χ3v) is 3.70. The van der Waals surface area contributed by atoms with Crippen molar-refractivity contribution >= 4 is 11.6 Å². The number of hydrogen-bond acceptors (Lipinski definition) is 7. The molecule has 2 aromatic rings. The quantitative estimate of drug-likeness (QED) is 0.805. The predicted molar refractivity (Wildman–Crippen MR) is 88.6 cm³/mol. The average molecular weight is 317 g/mol. The van der Waals surface area contributed by atoms with Crippen LogP contribution in [0.2, 0.25) is 0 Å². The van der Waals surface area contributed by atoms with Gasteiger partial charge in [0.25, 0.3) is 0 Å². The number of furan rings is 1. The van der Waals surface area contributed by atoms with Crippen molar-refractivity contribution in [1.29, 1.82) is 0 Å². The molecule has 0 atom stereocenters. The highest BCUT2D eigenvalue weighted by Crippen LogP contribution is 2.12. The van der Waals surface area contributed by atoms with Crippen LogP contribution in [0.3, 0.4) is 0 Å². The molecule has 0 amide bonds. The number of nitrogens with one attached hydrogen (secondary N) is 2. The minimum Gasteiger partial charge on any atom is -0.467 e. The van der Waals surface area contributed by atoms with E-state index in [1.54, 1.807) is 6.26 Å². The van der Waals surface area contributed by atoms with Gasteiger partial charge >= 0.3 is 0 Å². The lowest BCUT2D eigenvalue weighted by Crippen LogP contribution is -2.39. The summed E-state index contributed by atoms with van der Waals surface area (Å²) in [6.45, 7) is 8.00. The molecule has 1 aliphatic heterocycles. The maximum atomic E-state index is 5.35. The summed E-state index contributed by atoms with van der Waals surface area (Å²) in [6, 6.07) is 5.73. The van der Waals surface area contributed by atoms with Gasteiger partial charge in [-0.05, 0) is 19.1 Å². The van der Waals surface area contributed by atoms with Crippen molar-refractivity contribution in [3.8, 4) is 0 Å². The van der Waals surface area contributed by atoms with Crippen LogP contribution in [0.15, 0.2) is 28.9 Å². The molecule has 7 heteroatoms. The van der Waals surface area contributed by atoms with Gasteiger partial charge in [-0.25, -0.2) is 9.97 Å². The average Bonchev–Trinajstić information content (AvgIpc) is 3.07. The molecule has 3 heterocycles. The lowest BCUT2D eigenvalue weighted by atomic mass is 10.4. The van der Waals surface area contributed by atoms with E-state index in [1.807, 2.05) is 25.1 Å². The van der Waals surface area contributed by atoms with Crippen molar-refractivity contribution in [3.05, 3.63) is 36.0 Å². The number of morpholine rings is 1. The van der Waals surface area contributed by atoms with E-state index in [-0.39, 0.29) is 0 Å². The Morgan fingerprint density at radius 2 is 1.96 bits per heavy atom. The lowest BCUT2D eigenvalue weighted by molar-refractivity contribution is 0.0398. The summed E-state index contributed by atoms with van der Waals surface area (Å²) in [7, 11) is 0. The molecule has 0 saturated carbocycles. The van der Waals surface area contributed by atoms with E-state index in [1.165, 1.54) is 0 Å². The second-order valence-electron chi connectivity index (χ2n) is 5.50. The van der Waals surface area contributed by atoms with E-state index >= 15 is 0 Å². The topological polar surface area (TPSA) is 75.5 Å². The van der Waals surface area contributed by atoms with Crippen molar-refractivity contribution in [2.75, 3.05) is 50.0 Å². The summed E-state index contributed by atoms with van der Waals surface area (Å²) in [5.74, 6) is 3.25. The maximum Gasteiger partial charge on any atom is 0.132 e. The fourth-order valence-electron chi connectivity index (χ4n) is 2.51. The Labute approximate surface area is 136 Å². The van der Waals surface area contributed by atoms with Crippen molar-refractivity contribution in [2.45, 2.75) is 13.5 Å². The smallest absolute Gasteiger partial charge is 0.132 e. The molecule has 1 fully saturated rings. The van der Waals surface area contributed by atoms with E-state index in [2.05, 4.69) is 25.5 Å². The van der Waals surface area contributed by atoms with Crippen LogP contribution >= 0.6 is 0 Å². The summed E-state index contributed by atoms with van der Waals surface area (Å²) in [5, 5.41) is 6.63. The Balaban J connectivity index is 1.50. The lowest BCUT2D eigenvalue weighted by Gasteiger charge is -2.26. The van der Waals surface area contributed by atoms with Crippen LogP contribution < -0.4 is 10.6 Å². The van der Waals surface area contributed by atoms with Gasteiger partial charge in [0.1, 0.15) is 23.2 Å². The monoisotopic (exact) mass is 317 g/mol. The largest absolute Gasteiger partial charge is 0.467 e. The Bertz CT molecular complexity index is 597. The summed E-state index contributed by atoms with van der Waals surface area (Å²) in [5.41, 5.74) is 0. The first kappa shape index (κ1) is 15.8. The van der Waals surface area contributed by atoms with Crippen molar-refractivity contribution in [1.82, 2.24) is 14.9 Å². The minimum absolute atomic E-state index is 0.608. The molecule has 7 nitrogen and oxygen atoms in total. The molecule has 124 valence electrons. The summed E-state index contributed by atoms with van der Waals surface area (Å²) in [4.78, 5) is 11.2. The fourth-order valence-corrected chi connectivity index (χ4v) is 2.51. The summed E-state index contributed by atoms with van der Waals surface area (Å²) < 4.78 is 10.7. The third kappa shape index (κ3) is 4.94. The van der Waals surface area contributed by atoms with E-state index < -0.39 is 0 Å². The number of hydrogen-bond donors (Lipinski definition) is 2. The summed E-state index contributed by atoms with van der Waals surface area (Å²) in [6.07, 6.45) is 1.67. The first-order valence-electron chi connectivity index (χ1n) is 7.95. The van der Waals surface area contributed by atoms with E-state index in [0.717, 1.165) is 62.6 Å². The van der Waals surface area contributed by atoms with Crippen molar-refractivity contribution in [3.63, 3.8) is 0 Å². The molecule has 3 rings (SSSR count). The highest BCUT2D eigenvalue weighted by Gasteiger charge is 2.09. The van der Waals surface area contributed by atoms with Gasteiger partial charge in [-0.1, -0.05) is 0 Å². The molecule has 0 bridgehead atoms. The van der Waals surface area contributed by atoms with Gasteiger partial charge in [-0.2, -0.15) is 0 Å². The molecule has 2 aromatic heterocycles. The molecule has 1 aliphatic rings. The van der Waals surface area contributed by atoms with E-state index in [4.69, 9.17) is 9.15 Å².